The van der Waals surface area contributed by atoms with Gasteiger partial charge in [-0.05, 0) is 17.5 Å². The summed E-state index contributed by atoms with van der Waals surface area (Å²) in [6.07, 6.45) is 1.72. The smallest absolute Gasteiger partial charge is 0.336 e. The third-order valence-corrected chi connectivity index (χ3v) is 2.81. The highest BCUT2D eigenvalue weighted by molar-refractivity contribution is 5.89. The average Bonchev–Trinajstić information content (AvgIpc) is 2.77. The summed E-state index contributed by atoms with van der Waals surface area (Å²) < 4.78 is 1.74. The molecule has 5 heteroatoms. The highest BCUT2D eigenvalue weighted by atomic mass is 16.4. The van der Waals surface area contributed by atoms with Gasteiger partial charge in [-0.2, -0.15) is 0 Å². The zero-order valence-electron chi connectivity index (χ0n) is 10.4. The lowest BCUT2D eigenvalue weighted by molar-refractivity contribution is 0.0695. The average molecular weight is 245 g/mol. The van der Waals surface area contributed by atoms with Crippen molar-refractivity contribution in [3.8, 4) is 0 Å². The van der Waals surface area contributed by atoms with Crippen molar-refractivity contribution < 1.29 is 9.90 Å². The van der Waals surface area contributed by atoms with Crippen LogP contribution in [0.15, 0.2) is 30.5 Å². The molecule has 2 rings (SSSR count). The van der Waals surface area contributed by atoms with E-state index in [0.717, 1.165) is 11.3 Å². The van der Waals surface area contributed by atoms with Crippen molar-refractivity contribution in [2.75, 3.05) is 0 Å². The second-order valence-electron chi connectivity index (χ2n) is 4.43. The van der Waals surface area contributed by atoms with Crippen LogP contribution in [0.3, 0.4) is 0 Å². The van der Waals surface area contributed by atoms with Crippen LogP contribution >= 0.6 is 0 Å². The molecule has 0 saturated heterocycles. The number of aromatic carboxylic acids is 1. The molecule has 18 heavy (non-hydrogen) atoms. The number of carbonyl (C=O) groups is 1. The number of hydrogen-bond donors (Lipinski definition) is 1. The van der Waals surface area contributed by atoms with Gasteiger partial charge in [0, 0.05) is 0 Å². The third kappa shape index (κ3) is 2.40. The lowest BCUT2D eigenvalue weighted by Crippen LogP contribution is -2.11. The van der Waals surface area contributed by atoms with Gasteiger partial charge >= 0.3 is 5.97 Å². The second kappa shape index (κ2) is 5.00. The molecule has 1 N–H and O–H groups in total. The molecule has 1 aromatic carbocycles. The lowest BCUT2D eigenvalue weighted by atomic mass is 10.1. The van der Waals surface area contributed by atoms with Gasteiger partial charge in [0.15, 0.2) is 0 Å². The summed E-state index contributed by atoms with van der Waals surface area (Å²) in [4.78, 5) is 11.1. The minimum Gasteiger partial charge on any atom is -0.478 e. The van der Waals surface area contributed by atoms with Gasteiger partial charge in [-0.25, -0.2) is 9.48 Å². The predicted octanol–water partition coefficient (Wildman–Crippen LogP) is 2.15. The summed E-state index contributed by atoms with van der Waals surface area (Å²) in [5, 5.41) is 17.0. The summed E-state index contributed by atoms with van der Waals surface area (Å²) in [6.45, 7) is 4.53. The molecule has 0 unspecified atom stereocenters. The van der Waals surface area contributed by atoms with Crippen LogP contribution < -0.4 is 0 Å². The van der Waals surface area contributed by atoms with E-state index in [9.17, 15) is 4.79 Å². The first-order valence-corrected chi connectivity index (χ1v) is 5.79. The Balaban J connectivity index is 2.34. The fourth-order valence-electron chi connectivity index (χ4n) is 1.86. The molecule has 0 atom stereocenters. The van der Waals surface area contributed by atoms with Crippen LogP contribution in [0.25, 0.3) is 0 Å². The van der Waals surface area contributed by atoms with Gasteiger partial charge in [-0.1, -0.05) is 37.3 Å². The van der Waals surface area contributed by atoms with Crippen molar-refractivity contribution in [1.29, 1.82) is 0 Å². The maximum atomic E-state index is 11.1. The maximum absolute atomic E-state index is 11.1. The van der Waals surface area contributed by atoms with E-state index in [1.54, 1.807) is 29.1 Å². The Kier molecular flexibility index (Phi) is 3.41. The molecule has 0 aliphatic rings. The summed E-state index contributed by atoms with van der Waals surface area (Å²) in [7, 11) is 0. The fourth-order valence-corrected chi connectivity index (χ4v) is 1.86. The lowest BCUT2D eigenvalue weighted by Gasteiger charge is -2.10. The van der Waals surface area contributed by atoms with Gasteiger partial charge in [0.2, 0.25) is 0 Å². The molecule has 0 radical (unpaired) electrons. The van der Waals surface area contributed by atoms with Gasteiger partial charge in [0.05, 0.1) is 24.0 Å². The first-order chi connectivity index (χ1) is 8.59. The number of benzene rings is 1. The standard InChI is InChI=1S/C13H15N3O2/c1-9(2)12-7-14-15-16(12)8-10-5-3-4-6-11(10)13(17)18/h3-7,9H,8H2,1-2H3,(H,17,18). The van der Waals surface area contributed by atoms with Crippen molar-refractivity contribution in [3.05, 3.63) is 47.3 Å². The molecule has 0 bridgehead atoms. The highest BCUT2D eigenvalue weighted by Crippen LogP contribution is 2.16. The minimum absolute atomic E-state index is 0.303. The number of carboxylic acid groups (broad SMARTS) is 1. The van der Waals surface area contributed by atoms with Gasteiger partial charge in [0.25, 0.3) is 0 Å². The number of aromatic nitrogens is 3. The summed E-state index contributed by atoms with van der Waals surface area (Å²) in [5.41, 5.74) is 2.04. The van der Waals surface area contributed by atoms with E-state index >= 15 is 0 Å². The molecule has 0 aliphatic heterocycles. The molecule has 1 heterocycles. The van der Waals surface area contributed by atoms with Gasteiger partial charge < -0.3 is 5.11 Å². The van der Waals surface area contributed by atoms with E-state index in [1.165, 1.54) is 0 Å². The van der Waals surface area contributed by atoms with Crippen LogP contribution in [-0.4, -0.2) is 26.1 Å². The van der Waals surface area contributed by atoms with E-state index < -0.39 is 5.97 Å². The van der Waals surface area contributed by atoms with Gasteiger partial charge in [-0.3, -0.25) is 0 Å². The SMILES string of the molecule is CC(C)c1cnnn1Cc1ccccc1C(=O)O. The monoisotopic (exact) mass is 245 g/mol. The van der Waals surface area contributed by atoms with Crippen LogP contribution in [0.4, 0.5) is 0 Å². The summed E-state index contributed by atoms with van der Waals surface area (Å²) in [6, 6.07) is 6.95. The molecular weight excluding hydrogens is 230 g/mol. The van der Waals surface area contributed by atoms with Gasteiger partial charge in [0.1, 0.15) is 0 Å². The van der Waals surface area contributed by atoms with E-state index in [2.05, 4.69) is 24.2 Å². The molecule has 0 saturated carbocycles. The number of carboxylic acids is 1. The Morgan fingerprint density at radius 2 is 2.11 bits per heavy atom. The Bertz CT molecular complexity index is 561. The largest absolute Gasteiger partial charge is 0.478 e. The van der Waals surface area contributed by atoms with Crippen molar-refractivity contribution >= 4 is 5.97 Å². The van der Waals surface area contributed by atoms with Crippen molar-refractivity contribution in [1.82, 2.24) is 15.0 Å². The Hall–Kier alpha value is -2.17. The van der Waals surface area contributed by atoms with Crippen molar-refractivity contribution in [2.45, 2.75) is 26.3 Å². The Labute approximate surface area is 105 Å². The first-order valence-electron chi connectivity index (χ1n) is 5.79. The molecule has 0 amide bonds. The molecule has 1 aromatic heterocycles. The highest BCUT2D eigenvalue weighted by Gasteiger charge is 2.13. The Morgan fingerprint density at radius 1 is 1.39 bits per heavy atom. The number of hydrogen-bond acceptors (Lipinski definition) is 3. The van der Waals surface area contributed by atoms with E-state index in [4.69, 9.17) is 5.11 Å². The number of rotatable bonds is 4. The summed E-state index contributed by atoms with van der Waals surface area (Å²) in [5.74, 6) is -0.617. The second-order valence-corrected chi connectivity index (χ2v) is 4.43. The molecule has 5 nitrogen and oxygen atoms in total. The van der Waals surface area contributed by atoms with Crippen molar-refractivity contribution in [3.63, 3.8) is 0 Å². The van der Waals surface area contributed by atoms with Crippen LogP contribution in [-0.2, 0) is 6.54 Å². The van der Waals surface area contributed by atoms with E-state index in [0.29, 0.717) is 18.0 Å². The summed E-state index contributed by atoms with van der Waals surface area (Å²) >= 11 is 0. The zero-order valence-corrected chi connectivity index (χ0v) is 10.4. The number of nitrogens with zero attached hydrogens (tertiary/aromatic N) is 3. The third-order valence-electron chi connectivity index (χ3n) is 2.81. The van der Waals surface area contributed by atoms with E-state index in [1.807, 2.05) is 6.07 Å². The predicted molar refractivity (Wildman–Crippen MR) is 66.6 cm³/mol. The minimum atomic E-state index is -0.920. The molecular formula is C13H15N3O2. The van der Waals surface area contributed by atoms with Gasteiger partial charge in [-0.15, -0.1) is 5.10 Å². The quantitative estimate of drug-likeness (QED) is 0.896. The first kappa shape index (κ1) is 12.3. The molecule has 0 aliphatic carbocycles. The maximum Gasteiger partial charge on any atom is 0.336 e. The van der Waals surface area contributed by atoms with Crippen molar-refractivity contribution in [2.24, 2.45) is 0 Å². The molecule has 0 fully saturated rings. The molecule has 94 valence electrons. The van der Waals surface area contributed by atoms with Crippen LogP contribution in [0.5, 0.6) is 0 Å². The molecule has 2 aromatic rings. The van der Waals surface area contributed by atoms with Crippen LogP contribution in [0.2, 0.25) is 0 Å². The zero-order chi connectivity index (χ0) is 13.1. The van der Waals surface area contributed by atoms with E-state index in [-0.39, 0.29) is 0 Å². The van der Waals surface area contributed by atoms with Crippen LogP contribution in [0.1, 0.15) is 41.4 Å². The molecule has 0 spiro atoms. The normalized spacial score (nSPS) is 10.8. The Morgan fingerprint density at radius 3 is 2.78 bits per heavy atom. The topological polar surface area (TPSA) is 68.0 Å². The van der Waals surface area contributed by atoms with Crippen LogP contribution in [0, 0.1) is 0 Å². The fraction of sp³-hybridized carbons (Fsp3) is 0.308.